The monoisotopic (exact) mass is 290 g/mol. The van der Waals surface area contributed by atoms with E-state index in [0.29, 0.717) is 5.69 Å². The maximum atomic E-state index is 12.2. The van der Waals surface area contributed by atoms with E-state index < -0.39 is 28.8 Å². The van der Waals surface area contributed by atoms with E-state index in [1.807, 2.05) is 0 Å². The Balaban J connectivity index is 3.21. The van der Waals surface area contributed by atoms with E-state index in [1.54, 1.807) is 0 Å². The topological polar surface area (TPSA) is 122 Å². The number of nitrogen functional groups attached to an aromatic ring is 1. The zero-order chi connectivity index (χ0) is 14.7. The Hall–Kier alpha value is -1.35. The predicted molar refractivity (Wildman–Crippen MR) is 70.3 cm³/mol. The van der Waals surface area contributed by atoms with Crippen LogP contribution in [0.3, 0.4) is 0 Å². The second kappa shape index (κ2) is 5.74. The van der Waals surface area contributed by atoms with Gasteiger partial charge in [-0.2, -0.15) is 0 Å². The molecule has 1 rings (SSSR count). The van der Waals surface area contributed by atoms with E-state index in [9.17, 15) is 8.42 Å². The first-order valence-corrected chi connectivity index (χ1v) is 6.95. The molecule has 1 aromatic carbocycles. The second-order valence-electron chi connectivity index (χ2n) is 4.39. The lowest BCUT2D eigenvalue weighted by molar-refractivity contribution is 0.121. The number of nitrogens with two attached hydrogens (primary N) is 1. The van der Waals surface area contributed by atoms with Crippen LogP contribution < -0.4 is 15.2 Å². The standard InChI is InChI=1S/C11H18N2O5S/c1-11(6-14,7-15)13-19(16,17)10-4-3-8(12)5-9(10)18-2/h3-5,13-15H,6-7,12H2,1-2H3. The average molecular weight is 290 g/mol. The summed E-state index contributed by atoms with van der Waals surface area (Å²) in [6, 6.07) is 4.10. The highest BCUT2D eigenvalue weighted by Gasteiger charge is 2.31. The van der Waals surface area contributed by atoms with Gasteiger partial charge < -0.3 is 20.7 Å². The van der Waals surface area contributed by atoms with Crippen LogP contribution in [-0.2, 0) is 10.0 Å². The minimum absolute atomic E-state index is 0.0886. The fraction of sp³-hybridized carbons (Fsp3) is 0.455. The third-order valence-corrected chi connectivity index (χ3v) is 4.23. The molecule has 1 aromatic rings. The molecule has 0 aliphatic rings. The Morgan fingerprint density at radius 3 is 2.42 bits per heavy atom. The fourth-order valence-corrected chi connectivity index (χ4v) is 2.94. The van der Waals surface area contributed by atoms with Crippen LogP contribution in [-0.4, -0.2) is 44.5 Å². The molecule has 108 valence electrons. The maximum Gasteiger partial charge on any atom is 0.244 e. The molecule has 0 unspecified atom stereocenters. The summed E-state index contributed by atoms with van der Waals surface area (Å²) in [7, 11) is -2.63. The lowest BCUT2D eigenvalue weighted by atomic mass is 10.1. The maximum absolute atomic E-state index is 12.2. The van der Waals surface area contributed by atoms with Gasteiger partial charge in [0.15, 0.2) is 0 Å². The van der Waals surface area contributed by atoms with Gasteiger partial charge in [0.2, 0.25) is 10.0 Å². The van der Waals surface area contributed by atoms with E-state index in [2.05, 4.69) is 4.72 Å². The molecule has 0 aliphatic heterocycles. The Morgan fingerprint density at radius 2 is 1.95 bits per heavy atom. The first-order chi connectivity index (χ1) is 8.78. The van der Waals surface area contributed by atoms with Gasteiger partial charge in [0.05, 0.1) is 25.9 Å². The number of aliphatic hydroxyl groups excluding tert-OH is 2. The molecular weight excluding hydrogens is 272 g/mol. The number of hydrogen-bond donors (Lipinski definition) is 4. The van der Waals surface area contributed by atoms with Crippen LogP contribution in [0.25, 0.3) is 0 Å². The first-order valence-electron chi connectivity index (χ1n) is 5.47. The Labute approximate surface area is 112 Å². The molecule has 5 N–H and O–H groups in total. The molecule has 19 heavy (non-hydrogen) atoms. The lowest BCUT2D eigenvalue weighted by Gasteiger charge is -2.26. The molecule has 0 amide bonds. The highest BCUT2D eigenvalue weighted by molar-refractivity contribution is 7.89. The van der Waals surface area contributed by atoms with Crippen molar-refractivity contribution in [3.8, 4) is 5.75 Å². The van der Waals surface area contributed by atoms with Gasteiger partial charge in [-0.15, -0.1) is 0 Å². The normalized spacial score (nSPS) is 12.4. The van der Waals surface area contributed by atoms with Gasteiger partial charge in [0.25, 0.3) is 0 Å². The van der Waals surface area contributed by atoms with E-state index in [-0.39, 0.29) is 10.6 Å². The molecule has 0 radical (unpaired) electrons. The number of anilines is 1. The van der Waals surface area contributed by atoms with Crippen LogP contribution in [0.1, 0.15) is 6.92 Å². The quantitative estimate of drug-likeness (QED) is 0.514. The Morgan fingerprint density at radius 1 is 1.37 bits per heavy atom. The van der Waals surface area contributed by atoms with Gasteiger partial charge in [-0.25, -0.2) is 13.1 Å². The van der Waals surface area contributed by atoms with Gasteiger partial charge in [0, 0.05) is 11.8 Å². The zero-order valence-corrected chi connectivity index (χ0v) is 11.6. The minimum atomic E-state index is -3.95. The molecule has 0 aromatic heterocycles. The van der Waals surface area contributed by atoms with Crippen molar-refractivity contribution in [1.29, 1.82) is 0 Å². The molecule has 0 fully saturated rings. The highest BCUT2D eigenvalue weighted by atomic mass is 32.2. The number of nitrogens with one attached hydrogen (secondary N) is 1. The predicted octanol–water partition coefficient (Wildman–Crippen LogP) is -0.701. The highest BCUT2D eigenvalue weighted by Crippen LogP contribution is 2.26. The fourth-order valence-electron chi connectivity index (χ4n) is 1.40. The summed E-state index contributed by atoms with van der Waals surface area (Å²) in [5.74, 6) is 0.0886. The number of ether oxygens (including phenoxy) is 1. The van der Waals surface area contributed by atoms with Crippen LogP contribution in [0.2, 0.25) is 0 Å². The van der Waals surface area contributed by atoms with Gasteiger partial charge in [-0.1, -0.05) is 0 Å². The number of aliphatic hydroxyl groups is 2. The van der Waals surface area contributed by atoms with E-state index in [4.69, 9.17) is 20.7 Å². The molecule has 0 saturated heterocycles. The summed E-state index contributed by atoms with van der Waals surface area (Å²) in [6.07, 6.45) is 0. The van der Waals surface area contributed by atoms with Gasteiger partial charge in [-0.05, 0) is 19.1 Å². The summed E-state index contributed by atoms with van der Waals surface area (Å²) in [6.45, 7) is 0.300. The van der Waals surface area contributed by atoms with Crippen molar-refractivity contribution in [2.24, 2.45) is 0 Å². The smallest absolute Gasteiger partial charge is 0.244 e. The summed E-state index contributed by atoms with van der Waals surface area (Å²) >= 11 is 0. The van der Waals surface area contributed by atoms with Crippen LogP contribution in [0.15, 0.2) is 23.1 Å². The van der Waals surface area contributed by atoms with E-state index in [1.165, 1.54) is 32.2 Å². The zero-order valence-electron chi connectivity index (χ0n) is 10.8. The molecule has 0 spiro atoms. The molecule has 8 heteroatoms. The van der Waals surface area contributed by atoms with Crippen molar-refractivity contribution < 1.29 is 23.4 Å². The van der Waals surface area contributed by atoms with Gasteiger partial charge >= 0.3 is 0 Å². The third-order valence-electron chi connectivity index (χ3n) is 2.56. The van der Waals surface area contributed by atoms with Crippen molar-refractivity contribution >= 4 is 15.7 Å². The van der Waals surface area contributed by atoms with Crippen molar-refractivity contribution in [1.82, 2.24) is 4.72 Å². The van der Waals surface area contributed by atoms with Crippen molar-refractivity contribution in [3.05, 3.63) is 18.2 Å². The Bertz CT molecular complexity index is 540. The van der Waals surface area contributed by atoms with Crippen LogP contribution in [0, 0.1) is 0 Å². The van der Waals surface area contributed by atoms with E-state index in [0.717, 1.165) is 0 Å². The Kier molecular flexibility index (Phi) is 4.75. The summed E-state index contributed by atoms with van der Waals surface area (Å²) in [5.41, 5.74) is 4.56. The van der Waals surface area contributed by atoms with Gasteiger partial charge in [0.1, 0.15) is 10.6 Å². The summed E-state index contributed by atoms with van der Waals surface area (Å²) < 4.78 is 31.6. The van der Waals surface area contributed by atoms with Crippen LogP contribution >= 0.6 is 0 Å². The molecule has 7 nitrogen and oxygen atoms in total. The minimum Gasteiger partial charge on any atom is -0.495 e. The first kappa shape index (κ1) is 15.7. The van der Waals surface area contributed by atoms with Crippen LogP contribution in [0.4, 0.5) is 5.69 Å². The van der Waals surface area contributed by atoms with Crippen molar-refractivity contribution in [2.75, 3.05) is 26.1 Å². The number of rotatable bonds is 6. The average Bonchev–Trinajstić information content (AvgIpc) is 2.37. The lowest BCUT2D eigenvalue weighted by Crippen LogP contribution is -2.51. The number of benzene rings is 1. The molecule has 0 aliphatic carbocycles. The summed E-state index contributed by atoms with van der Waals surface area (Å²) in [5, 5.41) is 18.3. The number of sulfonamides is 1. The van der Waals surface area contributed by atoms with Crippen LogP contribution in [0.5, 0.6) is 5.75 Å². The molecule has 0 saturated carbocycles. The molecule has 0 bridgehead atoms. The van der Waals surface area contributed by atoms with Crippen molar-refractivity contribution in [2.45, 2.75) is 17.4 Å². The third kappa shape index (κ3) is 3.57. The second-order valence-corrected chi connectivity index (χ2v) is 6.04. The molecular formula is C11H18N2O5S. The van der Waals surface area contributed by atoms with Crippen molar-refractivity contribution in [3.63, 3.8) is 0 Å². The largest absolute Gasteiger partial charge is 0.495 e. The van der Waals surface area contributed by atoms with Gasteiger partial charge in [-0.3, -0.25) is 0 Å². The SMILES string of the molecule is COc1cc(N)ccc1S(=O)(=O)NC(C)(CO)CO. The van der Waals surface area contributed by atoms with E-state index >= 15 is 0 Å². The molecule has 0 heterocycles. The number of methoxy groups -OCH3 is 1. The number of hydrogen-bond acceptors (Lipinski definition) is 6. The molecule has 0 atom stereocenters. The summed E-state index contributed by atoms with van der Waals surface area (Å²) in [4.78, 5) is -0.114.